The summed E-state index contributed by atoms with van der Waals surface area (Å²) in [6, 6.07) is 0. The minimum absolute atomic E-state index is 0.168. The molecule has 168 valence electrons. The highest BCUT2D eigenvalue weighted by atomic mass is 127. The Morgan fingerprint density at radius 3 is 1.17 bits per heavy atom. The summed E-state index contributed by atoms with van der Waals surface area (Å²) >= 11 is 4.60. The van der Waals surface area contributed by atoms with Crippen molar-refractivity contribution >= 4 is 61.3 Å². The first-order valence-corrected chi connectivity index (χ1v) is 19.1. The molecule has 0 radical (unpaired) electrons. The number of rotatable bonds is 8. The zero-order valence-corrected chi connectivity index (χ0v) is 27.1. The Morgan fingerprint density at radius 2 is 0.966 bits per heavy atom. The van der Waals surface area contributed by atoms with Gasteiger partial charge in [0.2, 0.25) is 0 Å². The molecule has 0 unspecified atom stereocenters. The average Bonchev–Trinajstić information content (AvgIpc) is 2.51. The molecule has 0 saturated carbocycles. The highest BCUT2D eigenvalue weighted by molar-refractivity contribution is 14.1. The normalized spacial score (nSPS) is 18.0. The molecule has 0 amide bonds. The van der Waals surface area contributed by atoms with E-state index >= 15 is 0 Å². The molecule has 0 bridgehead atoms. The molecule has 1 nitrogen and oxygen atoms in total. The summed E-state index contributed by atoms with van der Waals surface area (Å²) in [5.74, 6) is 0. The average molecular weight is 659 g/mol. The third-order valence-electron chi connectivity index (χ3n) is 7.06. The minimum Gasteiger partial charge on any atom is -0.374 e. The van der Waals surface area contributed by atoms with Crippen LogP contribution in [-0.2, 0) is 4.74 Å². The van der Waals surface area contributed by atoms with Crippen LogP contribution >= 0.6 is 45.2 Å². The second kappa shape index (κ2) is 11.6. The maximum Gasteiger partial charge on any atom is 0.0918 e. The van der Waals surface area contributed by atoms with Crippen LogP contribution in [0.3, 0.4) is 0 Å². The van der Waals surface area contributed by atoms with Crippen molar-refractivity contribution in [2.45, 2.75) is 103 Å². The van der Waals surface area contributed by atoms with Crippen LogP contribution in [0.2, 0.25) is 36.3 Å². The van der Waals surface area contributed by atoms with Gasteiger partial charge in [-0.05, 0) is 32.1 Å². The van der Waals surface area contributed by atoms with Gasteiger partial charge in [0.1, 0.15) is 0 Å². The van der Waals surface area contributed by atoms with Gasteiger partial charge >= 0.3 is 0 Å². The van der Waals surface area contributed by atoms with E-state index in [1.807, 2.05) is 0 Å². The highest BCUT2D eigenvalue weighted by Crippen LogP contribution is 2.44. The molecule has 0 rings (SSSR count). The molecule has 0 heterocycles. The van der Waals surface area contributed by atoms with Gasteiger partial charge in [-0.15, -0.1) is 0 Å². The van der Waals surface area contributed by atoms with Gasteiger partial charge in [0.05, 0.1) is 27.6 Å². The lowest BCUT2D eigenvalue weighted by Gasteiger charge is -2.47. The first kappa shape index (κ1) is 29.8. The van der Waals surface area contributed by atoms with Gasteiger partial charge in [-0.2, -0.15) is 0 Å². The predicted molar refractivity (Wildman–Crippen MR) is 157 cm³/mol. The van der Waals surface area contributed by atoms with E-state index in [-0.39, 0.29) is 21.5 Å². The number of halogens is 2. The van der Waals surface area contributed by atoms with Gasteiger partial charge in [0, 0.05) is 0 Å². The monoisotopic (exact) mass is 658 g/mol. The zero-order chi connectivity index (χ0) is 23.3. The van der Waals surface area contributed by atoms with E-state index < -0.39 is 16.1 Å². The van der Waals surface area contributed by atoms with E-state index in [0.29, 0.717) is 0 Å². The second-order valence-electron chi connectivity index (χ2n) is 11.3. The van der Waals surface area contributed by atoms with Gasteiger partial charge in [0.25, 0.3) is 0 Å². The van der Waals surface area contributed by atoms with Gasteiger partial charge in [-0.25, -0.2) is 0 Å². The SMILES string of the molecule is CC(/C=C/I)=C\[C@@H](O[C@H](/C=C(C)/C=C/I)[Si](C)(C)C(C)(C)C)[Si](C)(C)C(C)(C)C. The van der Waals surface area contributed by atoms with Gasteiger partial charge < -0.3 is 4.74 Å². The fourth-order valence-corrected chi connectivity index (χ4v) is 7.94. The summed E-state index contributed by atoms with van der Waals surface area (Å²) in [6.07, 6.45) is 9.16. The molecule has 2 atom stereocenters. The fraction of sp³-hybridized carbons (Fsp3) is 0.667. The Kier molecular flexibility index (Phi) is 11.9. The standard InChI is InChI=1S/C24H44I2OSi2/c1-19(13-15-25)17-21(28(9,10)23(3,4)5)27-22(18-20(2)14-16-26)29(11,12)24(6,7)8/h13-18,21-22H,1-12H3/b15-13+,16-14+,19-17+,20-18+/t21-,22-/m0/s1. The van der Waals surface area contributed by atoms with Gasteiger partial charge in [0.15, 0.2) is 0 Å². The van der Waals surface area contributed by atoms with Crippen molar-refractivity contribution in [3.8, 4) is 0 Å². The van der Waals surface area contributed by atoms with Crippen molar-refractivity contribution in [3.63, 3.8) is 0 Å². The zero-order valence-electron chi connectivity index (χ0n) is 20.8. The second-order valence-corrected chi connectivity index (χ2v) is 23.8. The van der Waals surface area contributed by atoms with Crippen molar-refractivity contribution in [3.05, 3.63) is 43.6 Å². The van der Waals surface area contributed by atoms with Crippen LogP contribution in [0.4, 0.5) is 0 Å². The Labute approximate surface area is 211 Å². The molecule has 0 aromatic carbocycles. The number of allylic oxidation sites excluding steroid dienone is 4. The molecule has 5 heteroatoms. The maximum atomic E-state index is 7.17. The van der Waals surface area contributed by atoms with E-state index in [1.165, 1.54) is 11.1 Å². The van der Waals surface area contributed by atoms with Crippen LogP contribution in [0.1, 0.15) is 55.4 Å². The van der Waals surface area contributed by atoms with E-state index in [4.69, 9.17) is 4.74 Å². The summed E-state index contributed by atoms with van der Waals surface area (Å²) in [4.78, 5) is 0. The van der Waals surface area contributed by atoms with E-state index in [1.54, 1.807) is 0 Å². The minimum atomic E-state index is -1.76. The molecule has 0 N–H and O–H groups in total. The molecular formula is C24H44I2OSi2. The Bertz CT molecular complexity index is 589. The lowest BCUT2D eigenvalue weighted by atomic mass is 10.2. The fourth-order valence-electron chi connectivity index (χ4n) is 2.63. The van der Waals surface area contributed by atoms with Crippen LogP contribution in [0.5, 0.6) is 0 Å². The number of hydrogen-bond acceptors (Lipinski definition) is 1. The summed E-state index contributed by atoms with van der Waals surface area (Å²) in [6.45, 7) is 28.6. The molecule has 0 spiro atoms. The molecule has 0 aromatic heterocycles. The largest absolute Gasteiger partial charge is 0.374 e. The molecular weight excluding hydrogens is 614 g/mol. The predicted octanol–water partition coefficient (Wildman–Crippen LogP) is 9.63. The van der Waals surface area contributed by atoms with Crippen molar-refractivity contribution in [1.82, 2.24) is 0 Å². The molecule has 29 heavy (non-hydrogen) atoms. The maximum absolute atomic E-state index is 7.17. The summed E-state index contributed by atoms with van der Waals surface area (Å²) < 4.78 is 11.3. The smallest absolute Gasteiger partial charge is 0.0918 e. The van der Waals surface area contributed by atoms with E-state index in [2.05, 4.69) is 159 Å². The first-order chi connectivity index (χ1) is 12.9. The van der Waals surface area contributed by atoms with Crippen LogP contribution < -0.4 is 0 Å². The molecule has 0 aromatic rings. The van der Waals surface area contributed by atoms with Gasteiger partial charge in [-0.3, -0.25) is 0 Å². The van der Waals surface area contributed by atoms with E-state index in [9.17, 15) is 0 Å². The van der Waals surface area contributed by atoms with Crippen molar-refractivity contribution in [2.75, 3.05) is 0 Å². The first-order valence-electron chi connectivity index (χ1n) is 10.5. The topological polar surface area (TPSA) is 9.23 Å². The third-order valence-corrected chi connectivity index (χ3v) is 19.0. The highest BCUT2D eigenvalue weighted by Gasteiger charge is 2.47. The molecule has 0 aliphatic rings. The van der Waals surface area contributed by atoms with Crippen LogP contribution in [0, 0.1) is 0 Å². The van der Waals surface area contributed by atoms with Crippen LogP contribution in [0.25, 0.3) is 0 Å². The Hall–Kier alpha value is 0.814. The molecule has 0 saturated heterocycles. The third kappa shape index (κ3) is 8.69. The van der Waals surface area contributed by atoms with Gasteiger partial charge in [-0.1, -0.05) is 148 Å². The summed E-state index contributed by atoms with van der Waals surface area (Å²) in [7, 11) is -3.52. The molecule has 0 aliphatic heterocycles. The molecule has 0 fully saturated rings. The van der Waals surface area contributed by atoms with Crippen molar-refractivity contribution < 1.29 is 4.74 Å². The number of hydrogen-bond donors (Lipinski definition) is 0. The summed E-state index contributed by atoms with van der Waals surface area (Å²) in [5.41, 5.74) is 2.91. The lowest BCUT2D eigenvalue weighted by Crippen LogP contribution is -2.56. The Morgan fingerprint density at radius 1 is 0.690 bits per heavy atom. The van der Waals surface area contributed by atoms with E-state index in [0.717, 1.165) is 0 Å². The van der Waals surface area contributed by atoms with Crippen molar-refractivity contribution in [2.24, 2.45) is 0 Å². The van der Waals surface area contributed by atoms with Crippen molar-refractivity contribution in [1.29, 1.82) is 0 Å². The van der Waals surface area contributed by atoms with Crippen LogP contribution in [0.15, 0.2) is 43.6 Å². The quantitative estimate of drug-likeness (QED) is 0.143. The number of ether oxygens (including phenoxy) is 1. The van der Waals surface area contributed by atoms with Crippen LogP contribution in [-0.4, -0.2) is 27.6 Å². The molecule has 0 aliphatic carbocycles. The summed E-state index contributed by atoms with van der Waals surface area (Å²) in [5, 5.41) is 0.503. The lowest BCUT2D eigenvalue weighted by molar-refractivity contribution is 0.116. The Balaban J connectivity index is 6.52.